The molecule has 4 nitrogen and oxygen atoms in total. The van der Waals surface area contributed by atoms with Crippen molar-refractivity contribution in [1.29, 1.82) is 0 Å². The Kier molecular flexibility index (Phi) is 4.32. The van der Waals surface area contributed by atoms with Crippen LogP contribution in [-0.4, -0.2) is 23.6 Å². The van der Waals surface area contributed by atoms with Crippen LogP contribution in [0, 0.1) is 19.8 Å². The molecule has 0 aliphatic heterocycles. The lowest BCUT2D eigenvalue weighted by Crippen LogP contribution is -2.19. The van der Waals surface area contributed by atoms with Gasteiger partial charge in [0.05, 0.1) is 11.8 Å². The molecule has 1 unspecified atom stereocenters. The second kappa shape index (κ2) is 5.97. The van der Waals surface area contributed by atoms with Crippen molar-refractivity contribution in [3.63, 3.8) is 0 Å². The molecule has 0 fully saturated rings. The highest BCUT2D eigenvalue weighted by molar-refractivity contribution is 5.53. The summed E-state index contributed by atoms with van der Waals surface area (Å²) in [7, 11) is 1.98. The second-order valence-corrected chi connectivity index (χ2v) is 5.08. The Labute approximate surface area is 114 Å². The topological polar surface area (TPSA) is 51.0 Å². The highest BCUT2D eigenvalue weighted by atomic mass is 16.3. The van der Waals surface area contributed by atoms with Crippen LogP contribution in [0.4, 0.5) is 0 Å². The molecule has 0 saturated carbocycles. The number of nitrogens with zero attached hydrogens (tertiary/aromatic N) is 2. The van der Waals surface area contributed by atoms with E-state index in [0.717, 1.165) is 35.7 Å². The Morgan fingerprint density at radius 3 is 2.47 bits per heavy atom. The molecule has 0 spiro atoms. The fraction of sp³-hybridized carbons (Fsp3) is 0.467. The van der Waals surface area contributed by atoms with Gasteiger partial charge >= 0.3 is 0 Å². The van der Waals surface area contributed by atoms with E-state index in [1.807, 2.05) is 13.1 Å². The van der Waals surface area contributed by atoms with Crippen molar-refractivity contribution in [2.75, 3.05) is 13.6 Å². The highest BCUT2D eigenvalue weighted by Gasteiger charge is 2.13. The van der Waals surface area contributed by atoms with Crippen LogP contribution >= 0.6 is 0 Å². The molecule has 0 aromatic carbocycles. The van der Waals surface area contributed by atoms with Crippen molar-refractivity contribution < 1.29 is 4.42 Å². The monoisotopic (exact) mass is 259 g/mol. The predicted molar refractivity (Wildman–Crippen MR) is 76.0 cm³/mol. The lowest BCUT2D eigenvalue weighted by Gasteiger charge is -2.15. The second-order valence-electron chi connectivity index (χ2n) is 5.08. The van der Waals surface area contributed by atoms with Gasteiger partial charge in [0.1, 0.15) is 6.26 Å². The Morgan fingerprint density at radius 2 is 1.95 bits per heavy atom. The van der Waals surface area contributed by atoms with Gasteiger partial charge in [-0.1, -0.05) is 6.92 Å². The summed E-state index contributed by atoms with van der Waals surface area (Å²) < 4.78 is 5.09. The van der Waals surface area contributed by atoms with E-state index in [4.69, 9.17) is 4.42 Å². The number of rotatable bonds is 5. The average Bonchev–Trinajstić information content (AvgIpc) is 2.87. The Bertz CT molecular complexity index is 511. The van der Waals surface area contributed by atoms with Gasteiger partial charge in [-0.3, -0.25) is 0 Å². The standard InChI is InChI=1S/C15H21N3O/c1-10(8-16-4)7-14-11(2)17-15(18-12(14)3)13-5-6-19-9-13/h5-6,9-10,16H,7-8H2,1-4H3. The minimum atomic E-state index is 0.575. The Balaban J connectivity index is 2.27. The van der Waals surface area contributed by atoms with Gasteiger partial charge in [-0.15, -0.1) is 0 Å². The third-order valence-electron chi connectivity index (χ3n) is 3.31. The molecule has 2 heterocycles. The van der Waals surface area contributed by atoms with Crippen molar-refractivity contribution >= 4 is 0 Å². The molecule has 2 rings (SSSR count). The first-order valence-electron chi connectivity index (χ1n) is 6.63. The minimum Gasteiger partial charge on any atom is -0.472 e. The number of nitrogens with one attached hydrogen (secondary N) is 1. The molecular weight excluding hydrogens is 238 g/mol. The van der Waals surface area contributed by atoms with E-state index in [9.17, 15) is 0 Å². The van der Waals surface area contributed by atoms with Crippen molar-refractivity contribution in [2.24, 2.45) is 5.92 Å². The van der Waals surface area contributed by atoms with Gasteiger partial charge in [-0.25, -0.2) is 9.97 Å². The molecule has 4 heteroatoms. The first-order chi connectivity index (χ1) is 9.11. The smallest absolute Gasteiger partial charge is 0.162 e. The molecule has 0 amide bonds. The van der Waals surface area contributed by atoms with Gasteiger partial charge in [0.15, 0.2) is 5.82 Å². The molecule has 0 saturated heterocycles. The zero-order chi connectivity index (χ0) is 13.8. The predicted octanol–water partition coefficient (Wildman–Crippen LogP) is 2.75. The molecular formula is C15H21N3O. The molecule has 2 aromatic heterocycles. The zero-order valence-corrected chi connectivity index (χ0v) is 12.0. The van der Waals surface area contributed by atoms with Crippen LogP contribution in [0.5, 0.6) is 0 Å². The van der Waals surface area contributed by atoms with E-state index in [1.54, 1.807) is 12.5 Å². The number of furan rings is 1. The summed E-state index contributed by atoms with van der Waals surface area (Å²) in [6.45, 7) is 7.35. The van der Waals surface area contributed by atoms with Gasteiger partial charge < -0.3 is 9.73 Å². The molecule has 0 aliphatic carbocycles. The summed E-state index contributed by atoms with van der Waals surface area (Å²) >= 11 is 0. The zero-order valence-electron chi connectivity index (χ0n) is 12.0. The van der Waals surface area contributed by atoms with Crippen LogP contribution in [0.1, 0.15) is 23.9 Å². The molecule has 1 atom stereocenters. The molecule has 0 radical (unpaired) electrons. The summed E-state index contributed by atoms with van der Waals surface area (Å²) in [6, 6.07) is 1.89. The Hall–Kier alpha value is -1.68. The summed E-state index contributed by atoms with van der Waals surface area (Å²) in [6.07, 6.45) is 4.33. The summed E-state index contributed by atoms with van der Waals surface area (Å²) in [5.74, 6) is 1.32. The summed E-state index contributed by atoms with van der Waals surface area (Å²) in [4.78, 5) is 9.20. The number of hydrogen-bond acceptors (Lipinski definition) is 4. The third-order valence-corrected chi connectivity index (χ3v) is 3.31. The summed E-state index contributed by atoms with van der Waals surface area (Å²) in [5, 5.41) is 3.21. The highest BCUT2D eigenvalue weighted by Crippen LogP contribution is 2.21. The Morgan fingerprint density at radius 1 is 1.26 bits per heavy atom. The van der Waals surface area contributed by atoms with Crippen LogP contribution in [0.3, 0.4) is 0 Å². The quantitative estimate of drug-likeness (QED) is 0.897. The molecule has 0 bridgehead atoms. The first-order valence-corrected chi connectivity index (χ1v) is 6.63. The normalized spacial score (nSPS) is 12.6. The number of hydrogen-bond donors (Lipinski definition) is 1. The molecule has 1 N–H and O–H groups in total. The van der Waals surface area contributed by atoms with E-state index in [0.29, 0.717) is 5.92 Å². The first kappa shape index (κ1) is 13.7. The van der Waals surface area contributed by atoms with Crippen molar-refractivity contribution in [2.45, 2.75) is 27.2 Å². The third kappa shape index (κ3) is 3.20. The fourth-order valence-corrected chi connectivity index (χ4v) is 2.32. The molecule has 0 aliphatic rings. The van der Waals surface area contributed by atoms with Crippen LogP contribution in [0.25, 0.3) is 11.4 Å². The van der Waals surface area contributed by atoms with Gasteiger partial charge in [-0.2, -0.15) is 0 Å². The SMILES string of the molecule is CNCC(C)Cc1c(C)nc(-c2ccoc2)nc1C. The molecule has 2 aromatic rings. The molecule has 19 heavy (non-hydrogen) atoms. The van der Waals surface area contributed by atoms with Gasteiger partial charge in [0.2, 0.25) is 0 Å². The van der Waals surface area contributed by atoms with E-state index >= 15 is 0 Å². The average molecular weight is 259 g/mol. The lowest BCUT2D eigenvalue weighted by molar-refractivity contribution is 0.537. The molecule has 102 valence electrons. The van der Waals surface area contributed by atoms with E-state index in [-0.39, 0.29) is 0 Å². The van der Waals surface area contributed by atoms with Crippen LogP contribution in [-0.2, 0) is 6.42 Å². The summed E-state index contributed by atoms with van der Waals surface area (Å²) in [5.41, 5.74) is 4.31. The number of aryl methyl sites for hydroxylation is 2. The minimum absolute atomic E-state index is 0.575. The van der Waals surface area contributed by atoms with Crippen LogP contribution in [0.15, 0.2) is 23.0 Å². The number of aromatic nitrogens is 2. The van der Waals surface area contributed by atoms with Crippen LogP contribution in [0.2, 0.25) is 0 Å². The largest absolute Gasteiger partial charge is 0.472 e. The van der Waals surface area contributed by atoms with Gasteiger partial charge in [0.25, 0.3) is 0 Å². The maximum absolute atomic E-state index is 5.09. The van der Waals surface area contributed by atoms with Gasteiger partial charge in [-0.05, 0) is 51.4 Å². The fourth-order valence-electron chi connectivity index (χ4n) is 2.32. The van der Waals surface area contributed by atoms with Crippen LogP contribution < -0.4 is 5.32 Å². The lowest BCUT2D eigenvalue weighted by atomic mass is 9.98. The van der Waals surface area contributed by atoms with Crippen molar-refractivity contribution in [3.8, 4) is 11.4 Å². The van der Waals surface area contributed by atoms with E-state index in [2.05, 4.69) is 36.1 Å². The van der Waals surface area contributed by atoms with Crippen molar-refractivity contribution in [1.82, 2.24) is 15.3 Å². The van der Waals surface area contributed by atoms with Gasteiger partial charge in [0, 0.05) is 11.4 Å². The van der Waals surface area contributed by atoms with E-state index in [1.165, 1.54) is 5.56 Å². The maximum Gasteiger partial charge on any atom is 0.162 e. The van der Waals surface area contributed by atoms with Crippen molar-refractivity contribution in [3.05, 3.63) is 35.5 Å². The maximum atomic E-state index is 5.09. The van der Waals surface area contributed by atoms with E-state index < -0.39 is 0 Å².